The summed E-state index contributed by atoms with van der Waals surface area (Å²) in [6.45, 7) is 3.73. The van der Waals surface area contributed by atoms with Gasteiger partial charge in [0.2, 0.25) is 16.8 Å². The Balaban J connectivity index is 1.43. The number of nitrogens with zero attached hydrogens (tertiary/aromatic N) is 6. The molecule has 0 radical (unpaired) electrons. The van der Waals surface area contributed by atoms with Crippen molar-refractivity contribution in [3.8, 4) is 5.88 Å². The highest BCUT2D eigenvalue weighted by Gasteiger charge is 2.18. The molecule has 0 amide bonds. The first-order chi connectivity index (χ1) is 18.0. The maximum absolute atomic E-state index is 10.9. The van der Waals surface area contributed by atoms with Crippen LogP contribution in [0.3, 0.4) is 0 Å². The Bertz CT molecular complexity index is 1600. The standard InChI is InChI=1S/C28H23N7OS/c1-18-10-6-8-14-23(18)31-32-26(20-11-4-3-5-12-20)33-34-28(37)35-19(2)30-25(27(35)36)16-21-17-29-24-15-9-7-13-22(21)24/h3-17,31,36H,1-2H3/b21-16+,32-26+,34-33?. The number of nitrogens with one attached hydrogen (secondary N) is 1. The van der Waals surface area contributed by atoms with Crippen molar-refractivity contribution in [2.24, 2.45) is 20.3 Å². The lowest BCUT2D eigenvalue weighted by Crippen LogP contribution is -2.09. The van der Waals surface area contributed by atoms with E-state index in [9.17, 15) is 5.11 Å². The molecule has 182 valence electrons. The van der Waals surface area contributed by atoms with E-state index in [2.05, 4.69) is 30.7 Å². The van der Waals surface area contributed by atoms with Crippen LogP contribution in [0.25, 0.3) is 11.6 Å². The molecule has 0 spiro atoms. The monoisotopic (exact) mass is 505 g/mol. The van der Waals surface area contributed by atoms with E-state index in [4.69, 9.17) is 12.2 Å². The van der Waals surface area contributed by atoms with Crippen LogP contribution in [0.15, 0.2) is 99.2 Å². The first-order valence-electron chi connectivity index (χ1n) is 11.6. The van der Waals surface area contributed by atoms with E-state index in [0.29, 0.717) is 17.4 Å². The molecule has 0 bridgehead atoms. The van der Waals surface area contributed by atoms with Crippen molar-refractivity contribution in [3.05, 3.63) is 107 Å². The minimum Gasteiger partial charge on any atom is -0.493 e. The number of aromatic hydroxyl groups is 1. The lowest BCUT2D eigenvalue weighted by molar-refractivity contribution is 0.444. The molecule has 2 heterocycles. The number of hydrogen-bond donors (Lipinski definition) is 2. The molecule has 0 unspecified atom stereocenters. The van der Waals surface area contributed by atoms with E-state index in [-0.39, 0.29) is 11.0 Å². The molecule has 2 N–H and O–H groups in total. The zero-order valence-electron chi connectivity index (χ0n) is 20.2. The summed E-state index contributed by atoms with van der Waals surface area (Å²) in [5.74, 6) is 0.695. The summed E-state index contributed by atoms with van der Waals surface area (Å²) in [5.41, 5.74) is 8.77. The lowest BCUT2D eigenvalue weighted by Gasteiger charge is -2.06. The number of aliphatic imine (C=N–C) groups is 1. The number of amidine groups is 1. The third-order valence-corrected chi connectivity index (χ3v) is 6.04. The van der Waals surface area contributed by atoms with Gasteiger partial charge in [0.25, 0.3) is 0 Å². The van der Waals surface area contributed by atoms with Gasteiger partial charge >= 0.3 is 0 Å². The van der Waals surface area contributed by atoms with Gasteiger partial charge in [0, 0.05) is 22.9 Å². The molecular weight excluding hydrogens is 482 g/mol. The van der Waals surface area contributed by atoms with Gasteiger partial charge in [0.15, 0.2) is 0 Å². The van der Waals surface area contributed by atoms with Gasteiger partial charge in [-0.05, 0) is 49.8 Å². The molecule has 3 aromatic carbocycles. The smallest absolute Gasteiger partial charge is 0.228 e. The summed E-state index contributed by atoms with van der Waals surface area (Å²) in [5, 5.41) is 24.0. The zero-order valence-corrected chi connectivity index (χ0v) is 21.0. The largest absolute Gasteiger partial charge is 0.493 e. The Labute approximate surface area is 219 Å². The normalized spacial score (nSPS) is 13.9. The van der Waals surface area contributed by atoms with Crippen LogP contribution in [0.5, 0.6) is 5.88 Å². The van der Waals surface area contributed by atoms with E-state index in [1.807, 2.05) is 85.8 Å². The van der Waals surface area contributed by atoms with Gasteiger partial charge in [-0.3, -0.25) is 10.4 Å². The van der Waals surface area contributed by atoms with Gasteiger partial charge in [-0.1, -0.05) is 66.7 Å². The molecule has 0 aliphatic carbocycles. The number of imidazole rings is 1. The van der Waals surface area contributed by atoms with Crippen LogP contribution >= 0.6 is 12.2 Å². The van der Waals surface area contributed by atoms with E-state index < -0.39 is 0 Å². The highest BCUT2D eigenvalue weighted by molar-refractivity contribution is 7.80. The zero-order chi connectivity index (χ0) is 25.8. The average Bonchev–Trinajstić information content (AvgIpc) is 3.45. The van der Waals surface area contributed by atoms with E-state index in [0.717, 1.165) is 33.6 Å². The number of rotatable bonds is 4. The highest BCUT2D eigenvalue weighted by atomic mass is 32.1. The van der Waals surface area contributed by atoms with Crippen LogP contribution < -0.4 is 5.43 Å². The molecule has 5 rings (SSSR count). The summed E-state index contributed by atoms with van der Waals surface area (Å²) in [4.78, 5) is 8.89. The second-order valence-corrected chi connectivity index (χ2v) is 8.65. The number of hydrogen-bond acceptors (Lipinski definition) is 6. The quantitative estimate of drug-likeness (QED) is 0.108. The Morgan fingerprint density at radius 2 is 1.68 bits per heavy atom. The molecule has 1 aliphatic rings. The van der Waals surface area contributed by atoms with Crippen molar-refractivity contribution >= 4 is 52.4 Å². The van der Waals surface area contributed by atoms with Gasteiger partial charge in [0.05, 0.1) is 11.4 Å². The number of azo groups is 1. The minimum atomic E-state index is -0.122. The van der Waals surface area contributed by atoms with Gasteiger partial charge in [-0.2, -0.15) is 5.10 Å². The van der Waals surface area contributed by atoms with Gasteiger partial charge in [-0.25, -0.2) is 9.55 Å². The number of anilines is 1. The summed E-state index contributed by atoms with van der Waals surface area (Å²) in [6.07, 6.45) is 3.53. The topological polar surface area (TPSA) is 99.5 Å². The van der Waals surface area contributed by atoms with Crippen LogP contribution in [-0.4, -0.2) is 31.8 Å². The predicted octanol–water partition coefficient (Wildman–Crippen LogP) is 6.52. The van der Waals surface area contributed by atoms with Crippen LogP contribution in [0.2, 0.25) is 0 Å². The molecule has 4 aromatic rings. The van der Waals surface area contributed by atoms with E-state index >= 15 is 0 Å². The second kappa shape index (κ2) is 10.5. The Hall–Kier alpha value is -4.76. The molecular formula is C28H23N7OS. The van der Waals surface area contributed by atoms with Crippen molar-refractivity contribution < 1.29 is 5.11 Å². The van der Waals surface area contributed by atoms with E-state index in [1.54, 1.807) is 19.2 Å². The van der Waals surface area contributed by atoms with Crippen molar-refractivity contribution in [2.45, 2.75) is 13.8 Å². The number of para-hydroxylation sites is 2. The average molecular weight is 506 g/mol. The third kappa shape index (κ3) is 5.12. The molecule has 37 heavy (non-hydrogen) atoms. The van der Waals surface area contributed by atoms with Crippen LogP contribution in [0, 0.1) is 13.8 Å². The SMILES string of the molecule is Cc1ccccc1N/N=C(/N=NC(=S)n1c(C)nc(/C=C2\C=Nc3ccccc32)c1O)c1ccccc1. The summed E-state index contributed by atoms with van der Waals surface area (Å²) >= 11 is 5.50. The molecule has 9 heteroatoms. The highest BCUT2D eigenvalue weighted by Crippen LogP contribution is 2.33. The molecule has 8 nitrogen and oxygen atoms in total. The first kappa shape index (κ1) is 24.0. The molecule has 0 saturated heterocycles. The van der Waals surface area contributed by atoms with Crippen LogP contribution in [0.1, 0.15) is 28.2 Å². The predicted molar refractivity (Wildman–Crippen MR) is 152 cm³/mol. The summed E-state index contributed by atoms with van der Waals surface area (Å²) < 4.78 is 1.38. The molecule has 1 aromatic heterocycles. The fourth-order valence-electron chi connectivity index (χ4n) is 3.85. The third-order valence-electron chi connectivity index (χ3n) is 5.78. The second-order valence-electron chi connectivity index (χ2n) is 8.29. The number of thiocarbonyl (C=S) groups is 1. The number of benzene rings is 3. The molecule has 0 atom stereocenters. The van der Waals surface area contributed by atoms with Crippen molar-refractivity contribution in [1.82, 2.24) is 9.55 Å². The van der Waals surface area contributed by atoms with Crippen molar-refractivity contribution in [2.75, 3.05) is 5.43 Å². The van der Waals surface area contributed by atoms with Gasteiger partial charge < -0.3 is 5.11 Å². The number of hydrazone groups is 1. The van der Waals surface area contributed by atoms with Crippen LogP contribution in [-0.2, 0) is 0 Å². The van der Waals surface area contributed by atoms with Crippen molar-refractivity contribution in [3.63, 3.8) is 0 Å². The number of allylic oxidation sites excluding steroid dienone is 1. The Morgan fingerprint density at radius 3 is 2.49 bits per heavy atom. The minimum absolute atomic E-state index is 0.0344. The Morgan fingerprint density at radius 1 is 0.946 bits per heavy atom. The van der Waals surface area contributed by atoms with Gasteiger partial charge in [-0.15, -0.1) is 10.2 Å². The fraction of sp³-hybridized carbons (Fsp3) is 0.0714. The van der Waals surface area contributed by atoms with Gasteiger partial charge in [0.1, 0.15) is 11.5 Å². The fourth-order valence-corrected chi connectivity index (χ4v) is 4.11. The number of aromatic nitrogens is 2. The lowest BCUT2D eigenvalue weighted by atomic mass is 10.1. The van der Waals surface area contributed by atoms with Crippen LogP contribution in [0.4, 0.5) is 11.4 Å². The maximum atomic E-state index is 10.9. The molecule has 0 fully saturated rings. The Kier molecular flexibility index (Phi) is 6.78. The van der Waals surface area contributed by atoms with E-state index in [1.165, 1.54) is 4.57 Å². The summed E-state index contributed by atoms with van der Waals surface area (Å²) in [7, 11) is 0. The summed E-state index contributed by atoms with van der Waals surface area (Å²) in [6, 6.07) is 25.1. The molecule has 1 aliphatic heterocycles. The molecule has 0 saturated carbocycles. The van der Waals surface area contributed by atoms with Crippen molar-refractivity contribution in [1.29, 1.82) is 0 Å². The first-order valence-corrected chi connectivity index (χ1v) is 12.0. The number of aryl methyl sites for hydroxylation is 2. The maximum Gasteiger partial charge on any atom is 0.228 e. The number of fused-ring (bicyclic) bond motifs is 1.